The fourth-order valence-corrected chi connectivity index (χ4v) is 1.44. The van der Waals surface area contributed by atoms with E-state index in [-0.39, 0.29) is 6.10 Å². The van der Waals surface area contributed by atoms with Gasteiger partial charge in [0.2, 0.25) is 0 Å². The van der Waals surface area contributed by atoms with E-state index in [1.54, 1.807) is 13.3 Å². The molecular weight excluding hydrogens is 164 g/mol. The van der Waals surface area contributed by atoms with Gasteiger partial charge in [0.25, 0.3) is 0 Å². The van der Waals surface area contributed by atoms with E-state index in [0.717, 1.165) is 11.0 Å². The molecule has 0 radical (unpaired) electrons. The van der Waals surface area contributed by atoms with Gasteiger partial charge in [-0.25, -0.2) is 4.98 Å². The number of hydrogen-bond donors (Lipinski definition) is 1. The molecule has 0 aliphatic carbocycles. The van der Waals surface area contributed by atoms with Crippen LogP contribution in [0.4, 0.5) is 0 Å². The van der Waals surface area contributed by atoms with Gasteiger partial charge in [0, 0.05) is 6.54 Å². The Morgan fingerprint density at radius 3 is 3.00 bits per heavy atom. The first kappa shape index (κ1) is 8.26. The molecule has 13 heavy (non-hydrogen) atoms. The van der Waals surface area contributed by atoms with E-state index < -0.39 is 0 Å². The summed E-state index contributed by atoms with van der Waals surface area (Å²) >= 11 is 0. The number of nitrogens with zero attached hydrogens (tertiary/aromatic N) is 2. The highest BCUT2D eigenvalue weighted by atomic mass is 16.3. The van der Waals surface area contributed by atoms with Gasteiger partial charge in [-0.1, -0.05) is 12.1 Å². The van der Waals surface area contributed by atoms with Crippen LogP contribution in [0, 0.1) is 0 Å². The van der Waals surface area contributed by atoms with Crippen LogP contribution in [0.5, 0.6) is 0 Å². The first-order valence-corrected chi connectivity index (χ1v) is 4.35. The topological polar surface area (TPSA) is 38.0 Å². The second-order valence-corrected chi connectivity index (χ2v) is 3.23. The summed E-state index contributed by atoms with van der Waals surface area (Å²) in [5, 5.41) is 9.24. The molecule has 0 bridgehead atoms. The summed E-state index contributed by atoms with van der Waals surface area (Å²) in [5.74, 6) is 0. The standard InChI is InChI=1S/C10H12N2O/c1-8(13)6-12-7-11-9-4-2-3-5-10(9)12/h2-5,7-8,13H,6H2,1H3/t8-/m1/s1. The molecule has 1 aromatic carbocycles. The summed E-state index contributed by atoms with van der Waals surface area (Å²) in [6, 6.07) is 7.91. The van der Waals surface area contributed by atoms with Gasteiger partial charge in [-0.3, -0.25) is 0 Å². The van der Waals surface area contributed by atoms with E-state index in [1.165, 1.54) is 0 Å². The molecule has 2 rings (SSSR count). The lowest BCUT2D eigenvalue weighted by Gasteiger charge is -2.05. The molecule has 0 amide bonds. The lowest BCUT2D eigenvalue weighted by atomic mass is 10.3. The maximum absolute atomic E-state index is 9.24. The number of benzene rings is 1. The van der Waals surface area contributed by atoms with Crippen LogP contribution >= 0.6 is 0 Å². The Kier molecular flexibility index (Phi) is 2.02. The molecule has 1 atom stereocenters. The number of imidazole rings is 1. The molecule has 1 heterocycles. The summed E-state index contributed by atoms with van der Waals surface area (Å²) in [6.07, 6.45) is 1.43. The lowest BCUT2D eigenvalue weighted by Crippen LogP contribution is -2.10. The van der Waals surface area contributed by atoms with Crippen molar-refractivity contribution < 1.29 is 5.11 Å². The van der Waals surface area contributed by atoms with Crippen LogP contribution in [0.3, 0.4) is 0 Å². The van der Waals surface area contributed by atoms with Crippen LogP contribution in [0.25, 0.3) is 11.0 Å². The molecular formula is C10H12N2O. The quantitative estimate of drug-likeness (QED) is 0.751. The highest BCUT2D eigenvalue weighted by Gasteiger charge is 2.02. The minimum atomic E-state index is -0.336. The number of rotatable bonds is 2. The third-order valence-corrected chi connectivity index (χ3v) is 1.99. The van der Waals surface area contributed by atoms with E-state index in [9.17, 15) is 5.11 Å². The summed E-state index contributed by atoms with van der Waals surface area (Å²) in [5.41, 5.74) is 2.05. The Bertz CT molecular complexity index is 406. The number of aromatic nitrogens is 2. The van der Waals surface area contributed by atoms with E-state index in [4.69, 9.17) is 0 Å². The van der Waals surface area contributed by atoms with Crippen molar-refractivity contribution >= 4 is 11.0 Å². The van der Waals surface area contributed by atoms with Gasteiger partial charge in [0.05, 0.1) is 23.5 Å². The molecule has 0 unspecified atom stereocenters. The highest BCUT2D eigenvalue weighted by molar-refractivity contribution is 5.74. The zero-order valence-electron chi connectivity index (χ0n) is 7.51. The maximum Gasteiger partial charge on any atom is 0.0959 e. The van der Waals surface area contributed by atoms with Crippen molar-refractivity contribution in [2.45, 2.75) is 19.6 Å². The van der Waals surface area contributed by atoms with Crippen molar-refractivity contribution in [2.24, 2.45) is 0 Å². The Morgan fingerprint density at radius 1 is 1.46 bits per heavy atom. The summed E-state index contributed by atoms with van der Waals surface area (Å²) in [4.78, 5) is 4.22. The van der Waals surface area contributed by atoms with Crippen molar-refractivity contribution in [3.8, 4) is 0 Å². The van der Waals surface area contributed by atoms with Gasteiger partial charge >= 0.3 is 0 Å². The van der Waals surface area contributed by atoms with Crippen LogP contribution in [-0.4, -0.2) is 20.8 Å². The lowest BCUT2D eigenvalue weighted by molar-refractivity contribution is 0.175. The maximum atomic E-state index is 9.24. The molecule has 0 fully saturated rings. The highest BCUT2D eigenvalue weighted by Crippen LogP contribution is 2.11. The average Bonchev–Trinajstić information content (AvgIpc) is 2.48. The van der Waals surface area contributed by atoms with Crippen molar-refractivity contribution in [3.05, 3.63) is 30.6 Å². The molecule has 1 aromatic heterocycles. The number of fused-ring (bicyclic) bond motifs is 1. The molecule has 3 heteroatoms. The number of para-hydroxylation sites is 2. The molecule has 0 aliphatic heterocycles. The normalized spacial score (nSPS) is 13.4. The molecule has 68 valence electrons. The van der Waals surface area contributed by atoms with Gasteiger partial charge < -0.3 is 9.67 Å². The van der Waals surface area contributed by atoms with Gasteiger partial charge in [-0.15, -0.1) is 0 Å². The Hall–Kier alpha value is -1.35. The zero-order chi connectivity index (χ0) is 9.26. The van der Waals surface area contributed by atoms with Crippen molar-refractivity contribution in [1.29, 1.82) is 0 Å². The fraction of sp³-hybridized carbons (Fsp3) is 0.300. The third kappa shape index (κ3) is 1.55. The Balaban J connectivity index is 2.46. The molecule has 0 saturated heterocycles. The fourth-order valence-electron chi connectivity index (χ4n) is 1.44. The van der Waals surface area contributed by atoms with E-state index in [0.29, 0.717) is 6.54 Å². The van der Waals surface area contributed by atoms with E-state index in [1.807, 2.05) is 28.8 Å². The Labute approximate surface area is 76.6 Å². The predicted octanol–water partition coefficient (Wildman–Crippen LogP) is 1.42. The monoisotopic (exact) mass is 176 g/mol. The minimum absolute atomic E-state index is 0.336. The van der Waals surface area contributed by atoms with Crippen LogP contribution in [-0.2, 0) is 6.54 Å². The summed E-state index contributed by atoms with van der Waals surface area (Å²) in [7, 11) is 0. The van der Waals surface area contributed by atoms with Crippen molar-refractivity contribution in [2.75, 3.05) is 0 Å². The minimum Gasteiger partial charge on any atom is -0.392 e. The van der Waals surface area contributed by atoms with E-state index >= 15 is 0 Å². The van der Waals surface area contributed by atoms with Crippen LogP contribution < -0.4 is 0 Å². The first-order valence-electron chi connectivity index (χ1n) is 4.35. The summed E-state index contributed by atoms with van der Waals surface area (Å²) in [6.45, 7) is 2.37. The summed E-state index contributed by atoms with van der Waals surface area (Å²) < 4.78 is 1.96. The molecule has 2 aromatic rings. The molecule has 0 saturated carbocycles. The predicted molar refractivity (Wildman–Crippen MR) is 51.4 cm³/mol. The molecule has 0 aliphatic rings. The number of aliphatic hydroxyl groups is 1. The zero-order valence-corrected chi connectivity index (χ0v) is 7.51. The van der Waals surface area contributed by atoms with Crippen LogP contribution in [0.2, 0.25) is 0 Å². The van der Waals surface area contributed by atoms with E-state index in [2.05, 4.69) is 4.98 Å². The van der Waals surface area contributed by atoms with Crippen molar-refractivity contribution in [3.63, 3.8) is 0 Å². The number of aliphatic hydroxyl groups excluding tert-OH is 1. The first-order chi connectivity index (χ1) is 6.27. The van der Waals surface area contributed by atoms with Gasteiger partial charge in [0.1, 0.15) is 0 Å². The largest absolute Gasteiger partial charge is 0.392 e. The SMILES string of the molecule is C[C@@H](O)Cn1cnc2ccccc21. The number of hydrogen-bond acceptors (Lipinski definition) is 2. The van der Waals surface area contributed by atoms with Gasteiger partial charge in [-0.05, 0) is 19.1 Å². The molecule has 0 spiro atoms. The second-order valence-electron chi connectivity index (χ2n) is 3.23. The smallest absolute Gasteiger partial charge is 0.0959 e. The van der Waals surface area contributed by atoms with Gasteiger partial charge in [0.15, 0.2) is 0 Å². The Morgan fingerprint density at radius 2 is 2.23 bits per heavy atom. The average molecular weight is 176 g/mol. The van der Waals surface area contributed by atoms with Crippen LogP contribution in [0.1, 0.15) is 6.92 Å². The van der Waals surface area contributed by atoms with Gasteiger partial charge in [-0.2, -0.15) is 0 Å². The third-order valence-electron chi connectivity index (χ3n) is 1.99. The molecule has 3 nitrogen and oxygen atoms in total. The second kappa shape index (κ2) is 3.18. The van der Waals surface area contributed by atoms with Crippen LogP contribution in [0.15, 0.2) is 30.6 Å². The molecule has 1 N–H and O–H groups in total. The van der Waals surface area contributed by atoms with Crippen molar-refractivity contribution in [1.82, 2.24) is 9.55 Å².